The molecule has 32 heavy (non-hydrogen) atoms. The van der Waals surface area contributed by atoms with Gasteiger partial charge in [0.1, 0.15) is 10.8 Å². The first-order valence-corrected chi connectivity index (χ1v) is 9.84. The van der Waals surface area contributed by atoms with Crippen molar-refractivity contribution in [1.82, 2.24) is 20.3 Å². The third-order valence-corrected chi connectivity index (χ3v) is 4.89. The van der Waals surface area contributed by atoms with Crippen molar-refractivity contribution in [2.75, 3.05) is 11.9 Å². The summed E-state index contributed by atoms with van der Waals surface area (Å²) in [5.74, 6) is 0.0589. The van der Waals surface area contributed by atoms with Gasteiger partial charge in [0, 0.05) is 52.8 Å². The fourth-order valence-corrected chi connectivity index (χ4v) is 3.47. The van der Waals surface area contributed by atoms with Gasteiger partial charge in [-0.1, -0.05) is 5.22 Å². The Balaban J connectivity index is 2.12. The molecule has 14 heteroatoms. The number of amides is 2. The Morgan fingerprint density at radius 3 is 2.69 bits per heavy atom. The van der Waals surface area contributed by atoms with Gasteiger partial charge in [-0.3, -0.25) is 10.3 Å². The van der Waals surface area contributed by atoms with Gasteiger partial charge < -0.3 is 11.1 Å². The molecule has 0 unspecified atom stereocenters. The highest BCUT2D eigenvalue weighted by Gasteiger charge is 2.34. The molecule has 166 valence electrons. The Kier molecular flexibility index (Phi) is 6.73. The van der Waals surface area contributed by atoms with Crippen LogP contribution in [0.2, 0.25) is 0 Å². The summed E-state index contributed by atoms with van der Waals surface area (Å²) in [6.07, 6.45) is -0.355. The molecule has 3 aromatic rings. The molecule has 2 amide bonds. The van der Waals surface area contributed by atoms with Crippen molar-refractivity contribution in [1.29, 1.82) is 5.53 Å². The summed E-state index contributed by atoms with van der Waals surface area (Å²) in [6, 6.07) is 2.49. The van der Waals surface area contributed by atoms with E-state index in [0.29, 0.717) is 28.8 Å². The second-order valence-corrected chi connectivity index (χ2v) is 7.04. The van der Waals surface area contributed by atoms with E-state index in [2.05, 4.69) is 35.9 Å². The van der Waals surface area contributed by atoms with E-state index in [-0.39, 0.29) is 16.7 Å². The number of thiazole rings is 1. The van der Waals surface area contributed by atoms with Gasteiger partial charge in [0.15, 0.2) is 11.5 Å². The van der Waals surface area contributed by atoms with Crippen molar-refractivity contribution in [2.24, 2.45) is 16.1 Å². The van der Waals surface area contributed by atoms with Crippen LogP contribution in [0.15, 0.2) is 46.4 Å². The minimum Gasteiger partial charge on any atom is -0.382 e. The number of rotatable bonds is 6. The maximum Gasteiger partial charge on any atom is 0.434 e. The molecule has 0 saturated heterocycles. The minimum atomic E-state index is -4.60. The fourth-order valence-electron chi connectivity index (χ4n) is 2.62. The molecule has 0 aliphatic rings. The topological polar surface area (TPSA) is 154 Å². The van der Waals surface area contributed by atoms with E-state index in [4.69, 9.17) is 11.3 Å². The maximum absolute atomic E-state index is 13.1. The normalized spacial score (nSPS) is 11.8. The summed E-state index contributed by atoms with van der Waals surface area (Å²) in [5.41, 5.74) is 13.0. The predicted octanol–water partition coefficient (Wildman–Crippen LogP) is 4.08. The maximum atomic E-state index is 13.1. The molecular weight excluding hydrogens is 447 g/mol. The average molecular weight is 463 g/mol. The van der Waals surface area contributed by atoms with Crippen molar-refractivity contribution in [2.45, 2.75) is 13.1 Å². The number of urea groups is 1. The largest absolute Gasteiger partial charge is 0.434 e. The number of anilines is 1. The molecule has 0 fully saturated rings. The number of hydrogen-bond donors (Lipinski definition) is 4. The second kappa shape index (κ2) is 9.47. The highest BCUT2D eigenvalue weighted by Crippen LogP contribution is 2.38. The van der Waals surface area contributed by atoms with E-state index in [1.807, 2.05) is 0 Å². The van der Waals surface area contributed by atoms with Gasteiger partial charge in [-0.05, 0) is 19.1 Å². The van der Waals surface area contributed by atoms with Crippen LogP contribution < -0.4 is 16.4 Å². The van der Waals surface area contributed by atoms with Crippen LogP contribution in [-0.2, 0) is 6.18 Å². The zero-order chi connectivity index (χ0) is 23.3. The highest BCUT2D eigenvalue weighted by molar-refractivity contribution is 7.13. The average Bonchev–Trinajstić information content (AvgIpc) is 3.25. The highest BCUT2D eigenvalue weighted by atomic mass is 32.1. The summed E-state index contributed by atoms with van der Waals surface area (Å²) in [5, 5.41) is 12.4. The zero-order valence-corrected chi connectivity index (χ0v) is 17.3. The third kappa shape index (κ3) is 5.21. The molecule has 10 nitrogen and oxygen atoms in total. The van der Waals surface area contributed by atoms with Crippen LogP contribution >= 0.6 is 11.3 Å². The molecule has 3 aromatic heterocycles. The minimum absolute atomic E-state index is 0.0630. The van der Waals surface area contributed by atoms with E-state index in [1.165, 1.54) is 24.7 Å². The number of pyridine rings is 2. The fraction of sp³-hybridized carbons (Fsp3) is 0.167. The van der Waals surface area contributed by atoms with Crippen LogP contribution in [0.5, 0.6) is 0 Å². The molecular formula is C18H16F3N9OS. The number of halogens is 3. The van der Waals surface area contributed by atoms with E-state index in [9.17, 15) is 18.0 Å². The lowest BCUT2D eigenvalue weighted by Crippen LogP contribution is -2.28. The quantitative estimate of drug-likeness (QED) is 0.188. The summed E-state index contributed by atoms with van der Waals surface area (Å²) in [6.45, 7) is 2.11. The van der Waals surface area contributed by atoms with E-state index >= 15 is 0 Å². The Hall–Kier alpha value is -3.94. The first-order chi connectivity index (χ1) is 15.2. The molecule has 0 aliphatic carbocycles. The molecule has 0 atom stereocenters. The van der Waals surface area contributed by atoms with Crippen molar-refractivity contribution in [3.8, 4) is 21.7 Å². The Labute approximate surface area is 183 Å². The molecule has 3 rings (SSSR count). The number of carbonyl (C=O) groups excluding carboxylic acids is 1. The summed E-state index contributed by atoms with van der Waals surface area (Å²) >= 11 is 0.799. The van der Waals surface area contributed by atoms with Gasteiger partial charge in [0.25, 0.3) is 0 Å². The lowest BCUT2D eigenvalue weighted by atomic mass is 10.0. The molecule has 0 aromatic carbocycles. The number of nitrogens with two attached hydrogens (primary N) is 1. The van der Waals surface area contributed by atoms with Crippen molar-refractivity contribution in [3.05, 3.63) is 47.4 Å². The molecule has 0 saturated carbocycles. The monoisotopic (exact) mass is 463 g/mol. The van der Waals surface area contributed by atoms with Crippen LogP contribution in [0.3, 0.4) is 0 Å². The number of hydrogen-bond acceptors (Lipinski definition) is 7. The molecule has 0 bridgehead atoms. The van der Waals surface area contributed by atoms with Gasteiger partial charge in [0.2, 0.25) is 0 Å². The summed E-state index contributed by atoms with van der Waals surface area (Å²) in [7, 11) is 0. The first-order valence-electron chi connectivity index (χ1n) is 8.96. The SMILES string of the molecule is CCNC(=O)Nc1cc(-c2nc(C(F)(F)F)cs2)c(-c2cncc(C(N)=NN=N)c2)cn1. The van der Waals surface area contributed by atoms with Crippen LogP contribution in [0, 0.1) is 5.53 Å². The predicted molar refractivity (Wildman–Crippen MR) is 112 cm³/mol. The van der Waals surface area contributed by atoms with E-state index in [1.54, 1.807) is 13.0 Å². The van der Waals surface area contributed by atoms with E-state index in [0.717, 1.165) is 16.7 Å². The number of nitrogens with one attached hydrogen (secondary N) is 3. The standard InChI is InChI=1S/C18H16F3N9OS/c1-2-25-17(31)28-14-4-11(16-27-13(8-32-16)18(19,20)21)12(7-26-14)9-3-10(6-24-5-9)15(22)29-30-23/h3-8H,2H2,1H3,(H3,22,23,29)(H2,25,26,28,31). The molecule has 0 aliphatic heterocycles. The van der Waals surface area contributed by atoms with E-state index < -0.39 is 17.9 Å². The smallest absolute Gasteiger partial charge is 0.382 e. The number of carbonyl (C=O) groups is 1. The number of amidine groups is 1. The number of alkyl halides is 3. The lowest BCUT2D eigenvalue weighted by molar-refractivity contribution is -0.140. The number of nitrogens with zero attached hydrogens (tertiary/aromatic N) is 5. The number of aromatic nitrogens is 3. The molecule has 5 N–H and O–H groups in total. The van der Waals surface area contributed by atoms with Gasteiger partial charge in [-0.15, -0.1) is 16.4 Å². The summed E-state index contributed by atoms with van der Waals surface area (Å²) in [4.78, 5) is 23.8. The van der Waals surface area contributed by atoms with Crippen LogP contribution in [0.25, 0.3) is 21.7 Å². The Morgan fingerprint density at radius 2 is 2.03 bits per heavy atom. The van der Waals surface area contributed by atoms with Crippen LogP contribution in [0.1, 0.15) is 18.2 Å². The van der Waals surface area contributed by atoms with Gasteiger partial charge in [0.05, 0.1) is 0 Å². The molecule has 3 heterocycles. The van der Waals surface area contributed by atoms with Crippen LogP contribution in [-0.4, -0.2) is 33.4 Å². The van der Waals surface area contributed by atoms with Gasteiger partial charge in [-0.25, -0.2) is 14.8 Å². The van der Waals surface area contributed by atoms with Crippen molar-refractivity contribution in [3.63, 3.8) is 0 Å². The molecule has 0 radical (unpaired) electrons. The van der Waals surface area contributed by atoms with Gasteiger partial charge >= 0.3 is 12.2 Å². The Morgan fingerprint density at radius 1 is 1.25 bits per heavy atom. The van der Waals surface area contributed by atoms with Crippen LogP contribution in [0.4, 0.5) is 23.8 Å². The van der Waals surface area contributed by atoms with Gasteiger partial charge in [-0.2, -0.15) is 18.7 Å². The van der Waals surface area contributed by atoms with Crippen molar-refractivity contribution < 1.29 is 18.0 Å². The zero-order valence-electron chi connectivity index (χ0n) is 16.4. The second-order valence-electron chi connectivity index (χ2n) is 6.18. The molecule has 0 spiro atoms. The lowest BCUT2D eigenvalue weighted by Gasteiger charge is -2.12. The summed E-state index contributed by atoms with van der Waals surface area (Å²) < 4.78 is 39.3. The first kappa shape index (κ1) is 22.7. The Bertz CT molecular complexity index is 1180. The van der Waals surface area contributed by atoms with Crippen molar-refractivity contribution >= 4 is 29.0 Å². The third-order valence-electron chi connectivity index (χ3n) is 4.01.